The second-order valence-electron chi connectivity index (χ2n) is 3.21. The number of carbonyl (C=O) groups excluding carboxylic acids is 1. The third-order valence-electron chi connectivity index (χ3n) is 1.99. The fraction of sp³-hybridized carbons (Fsp3) is 0.300. The van der Waals surface area contributed by atoms with Gasteiger partial charge in [0.05, 0.1) is 15.1 Å². The molecule has 0 heterocycles. The highest BCUT2D eigenvalue weighted by Gasteiger charge is 2.20. The zero-order valence-electron chi connectivity index (χ0n) is 8.64. The van der Waals surface area contributed by atoms with Crippen molar-refractivity contribution < 1.29 is 15.0 Å². The summed E-state index contributed by atoms with van der Waals surface area (Å²) >= 11 is 17.2. The summed E-state index contributed by atoms with van der Waals surface area (Å²) in [6.45, 7) is 0.214. The van der Waals surface area contributed by atoms with Crippen LogP contribution in [0.5, 0.6) is 5.75 Å². The molecule has 0 saturated carbocycles. The standard InChI is InChI=1S/C10H10Cl3NO3/c11-5-4-6(12)9(16)7(8(5)13)10(17)14-2-1-3-15/h4,15-16H,1-3H2,(H,14,17). The fourth-order valence-corrected chi connectivity index (χ4v) is 1.86. The molecule has 0 atom stereocenters. The van der Waals surface area contributed by atoms with E-state index in [1.165, 1.54) is 6.07 Å². The Morgan fingerprint density at radius 2 is 1.94 bits per heavy atom. The van der Waals surface area contributed by atoms with Gasteiger partial charge in [-0.25, -0.2) is 0 Å². The summed E-state index contributed by atoms with van der Waals surface area (Å²) in [7, 11) is 0. The minimum Gasteiger partial charge on any atom is -0.505 e. The predicted molar refractivity (Wildman–Crippen MR) is 67.2 cm³/mol. The van der Waals surface area contributed by atoms with Crippen molar-refractivity contribution in [2.24, 2.45) is 0 Å². The molecule has 0 fully saturated rings. The second-order valence-corrected chi connectivity index (χ2v) is 4.40. The lowest BCUT2D eigenvalue weighted by Gasteiger charge is -2.10. The molecule has 94 valence electrons. The summed E-state index contributed by atoms with van der Waals surface area (Å²) in [6.07, 6.45) is 0.401. The van der Waals surface area contributed by atoms with E-state index in [2.05, 4.69) is 5.32 Å². The van der Waals surface area contributed by atoms with Gasteiger partial charge in [-0.05, 0) is 12.5 Å². The Morgan fingerprint density at radius 1 is 1.29 bits per heavy atom. The highest BCUT2D eigenvalue weighted by Crippen LogP contribution is 2.38. The van der Waals surface area contributed by atoms with Crippen LogP contribution in [0, 0.1) is 0 Å². The van der Waals surface area contributed by atoms with Gasteiger partial charge in [-0.2, -0.15) is 0 Å². The Hall–Kier alpha value is -0.680. The van der Waals surface area contributed by atoms with E-state index < -0.39 is 11.7 Å². The van der Waals surface area contributed by atoms with Crippen molar-refractivity contribution in [3.05, 3.63) is 26.7 Å². The molecule has 0 bridgehead atoms. The average molecular weight is 299 g/mol. The van der Waals surface area contributed by atoms with Gasteiger partial charge in [0.2, 0.25) is 0 Å². The molecule has 0 aliphatic carbocycles. The molecular formula is C10H10Cl3NO3. The number of carbonyl (C=O) groups is 1. The number of benzene rings is 1. The molecule has 1 aromatic carbocycles. The monoisotopic (exact) mass is 297 g/mol. The lowest BCUT2D eigenvalue weighted by Crippen LogP contribution is -2.25. The lowest BCUT2D eigenvalue weighted by molar-refractivity contribution is 0.0948. The van der Waals surface area contributed by atoms with Gasteiger partial charge >= 0.3 is 0 Å². The van der Waals surface area contributed by atoms with E-state index in [1.807, 2.05) is 0 Å². The van der Waals surface area contributed by atoms with Gasteiger partial charge in [-0.3, -0.25) is 4.79 Å². The minimum atomic E-state index is -0.592. The topological polar surface area (TPSA) is 69.6 Å². The number of amides is 1. The van der Waals surface area contributed by atoms with Crippen LogP contribution in [0.15, 0.2) is 6.07 Å². The van der Waals surface area contributed by atoms with Gasteiger partial charge in [-0.15, -0.1) is 0 Å². The van der Waals surface area contributed by atoms with E-state index in [9.17, 15) is 9.90 Å². The summed E-state index contributed by atoms with van der Waals surface area (Å²) in [5.41, 5.74) is -0.165. The van der Waals surface area contributed by atoms with Crippen LogP contribution >= 0.6 is 34.8 Å². The molecule has 1 aromatic rings. The molecule has 4 nitrogen and oxygen atoms in total. The van der Waals surface area contributed by atoms with Gasteiger partial charge in [0, 0.05) is 13.2 Å². The first kappa shape index (κ1) is 14.4. The summed E-state index contributed by atoms with van der Waals surface area (Å²) < 4.78 is 0. The molecule has 0 unspecified atom stereocenters. The molecule has 1 rings (SSSR count). The average Bonchev–Trinajstić information content (AvgIpc) is 2.27. The summed E-state index contributed by atoms with van der Waals surface area (Å²) in [4.78, 5) is 11.7. The number of rotatable bonds is 4. The maximum atomic E-state index is 11.7. The molecule has 0 spiro atoms. The third-order valence-corrected chi connectivity index (χ3v) is 3.07. The minimum absolute atomic E-state index is 0.0453. The fourth-order valence-electron chi connectivity index (χ4n) is 1.16. The van der Waals surface area contributed by atoms with Crippen molar-refractivity contribution in [3.63, 3.8) is 0 Å². The molecule has 0 radical (unpaired) electrons. The number of halogens is 3. The molecule has 3 N–H and O–H groups in total. The van der Waals surface area contributed by atoms with Gasteiger partial charge in [-0.1, -0.05) is 34.8 Å². The first-order valence-corrected chi connectivity index (χ1v) is 5.88. The first-order chi connectivity index (χ1) is 7.99. The largest absolute Gasteiger partial charge is 0.505 e. The molecule has 0 saturated heterocycles. The summed E-state index contributed by atoms with van der Waals surface area (Å²) in [6, 6.07) is 1.26. The van der Waals surface area contributed by atoms with Gasteiger partial charge in [0.1, 0.15) is 11.3 Å². The van der Waals surface area contributed by atoms with Crippen molar-refractivity contribution in [1.82, 2.24) is 5.32 Å². The van der Waals surface area contributed by atoms with Crippen LogP contribution in [-0.2, 0) is 0 Å². The Labute approximate surface area is 113 Å². The number of phenolic OH excluding ortho intramolecular Hbond substituents is 1. The van der Waals surface area contributed by atoms with E-state index in [0.29, 0.717) is 6.42 Å². The number of aromatic hydroxyl groups is 1. The number of hydrogen-bond acceptors (Lipinski definition) is 3. The second kappa shape index (κ2) is 6.31. The van der Waals surface area contributed by atoms with Crippen LogP contribution in [0.3, 0.4) is 0 Å². The molecule has 17 heavy (non-hydrogen) atoms. The van der Waals surface area contributed by atoms with Crippen LogP contribution in [0.25, 0.3) is 0 Å². The molecule has 0 aromatic heterocycles. The quantitative estimate of drug-likeness (QED) is 0.591. The Morgan fingerprint density at radius 3 is 2.53 bits per heavy atom. The zero-order valence-corrected chi connectivity index (χ0v) is 10.9. The van der Waals surface area contributed by atoms with Crippen molar-refractivity contribution in [2.45, 2.75) is 6.42 Å². The van der Waals surface area contributed by atoms with Crippen LogP contribution in [0.1, 0.15) is 16.8 Å². The Kier molecular flexibility index (Phi) is 5.33. The van der Waals surface area contributed by atoms with Crippen LogP contribution in [-0.4, -0.2) is 29.3 Å². The van der Waals surface area contributed by atoms with Crippen molar-refractivity contribution >= 4 is 40.7 Å². The van der Waals surface area contributed by atoms with Gasteiger partial charge in [0.15, 0.2) is 0 Å². The Balaban J connectivity index is 3.00. The zero-order chi connectivity index (χ0) is 13.0. The molecular weight excluding hydrogens is 288 g/mol. The van der Waals surface area contributed by atoms with Gasteiger partial charge in [0.25, 0.3) is 5.91 Å². The third kappa shape index (κ3) is 3.39. The van der Waals surface area contributed by atoms with E-state index in [-0.39, 0.29) is 33.8 Å². The SMILES string of the molecule is O=C(NCCCO)c1c(O)c(Cl)cc(Cl)c1Cl. The Bertz CT molecular complexity index is 411. The number of aliphatic hydroxyl groups is 1. The van der Waals surface area contributed by atoms with E-state index in [4.69, 9.17) is 39.9 Å². The summed E-state index contributed by atoms with van der Waals surface area (Å²) in [5.74, 6) is -1.01. The number of phenols is 1. The number of hydrogen-bond donors (Lipinski definition) is 3. The smallest absolute Gasteiger partial charge is 0.256 e. The summed E-state index contributed by atoms with van der Waals surface area (Å²) in [5, 5.41) is 20.7. The maximum Gasteiger partial charge on any atom is 0.256 e. The number of aliphatic hydroxyl groups excluding tert-OH is 1. The molecule has 7 heteroatoms. The number of nitrogens with one attached hydrogen (secondary N) is 1. The molecule has 0 aliphatic rings. The van der Waals surface area contributed by atoms with Crippen LogP contribution in [0.4, 0.5) is 0 Å². The molecule has 1 amide bonds. The van der Waals surface area contributed by atoms with E-state index >= 15 is 0 Å². The van der Waals surface area contributed by atoms with Gasteiger partial charge < -0.3 is 15.5 Å². The van der Waals surface area contributed by atoms with Crippen molar-refractivity contribution in [1.29, 1.82) is 0 Å². The highest BCUT2D eigenvalue weighted by atomic mass is 35.5. The normalized spacial score (nSPS) is 10.4. The predicted octanol–water partition coefficient (Wildman–Crippen LogP) is 2.46. The molecule has 0 aliphatic heterocycles. The van der Waals surface area contributed by atoms with Crippen molar-refractivity contribution in [3.8, 4) is 5.75 Å². The van der Waals surface area contributed by atoms with E-state index in [0.717, 1.165) is 0 Å². The van der Waals surface area contributed by atoms with Crippen LogP contribution in [0.2, 0.25) is 15.1 Å². The van der Waals surface area contributed by atoms with Crippen LogP contribution < -0.4 is 5.32 Å². The lowest BCUT2D eigenvalue weighted by atomic mass is 10.2. The maximum absolute atomic E-state index is 11.7. The highest BCUT2D eigenvalue weighted by molar-refractivity contribution is 6.45. The van der Waals surface area contributed by atoms with Crippen molar-refractivity contribution in [2.75, 3.05) is 13.2 Å². The first-order valence-electron chi connectivity index (χ1n) is 4.74. The van der Waals surface area contributed by atoms with E-state index in [1.54, 1.807) is 0 Å².